The summed E-state index contributed by atoms with van der Waals surface area (Å²) < 4.78 is 54.4. The van der Waals surface area contributed by atoms with E-state index in [1.54, 1.807) is 6.92 Å². The van der Waals surface area contributed by atoms with Gasteiger partial charge in [-0.05, 0) is 14.0 Å². The number of hydrogen-bond acceptors (Lipinski definition) is 3. The van der Waals surface area contributed by atoms with Gasteiger partial charge in [-0.15, -0.1) is 0 Å². The van der Waals surface area contributed by atoms with Crippen LogP contribution in [0.4, 0.5) is 13.2 Å². The van der Waals surface area contributed by atoms with E-state index in [9.17, 15) is 21.6 Å². The van der Waals surface area contributed by atoms with Gasteiger partial charge in [0.05, 0.1) is 5.75 Å². The highest BCUT2D eigenvalue weighted by Crippen LogP contribution is 2.13. The van der Waals surface area contributed by atoms with Crippen molar-refractivity contribution in [1.29, 1.82) is 0 Å². The molecule has 0 aliphatic rings. The highest BCUT2D eigenvalue weighted by molar-refractivity contribution is 7.89. The molecule has 5 nitrogen and oxygen atoms in total. The van der Waals surface area contributed by atoms with Crippen LogP contribution in [-0.2, 0) is 14.8 Å². The number of aliphatic carboxylic acids is 1. The van der Waals surface area contributed by atoms with Gasteiger partial charge in [0.15, 0.2) is 0 Å². The minimum atomic E-state index is -5.08. The molecule has 0 saturated heterocycles. The van der Waals surface area contributed by atoms with Gasteiger partial charge >= 0.3 is 12.1 Å². The highest BCUT2D eigenvalue weighted by Gasteiger charge is 2.38. The summed E-state index contributed by atoms with van der Waals surface area (Å²) in [5.74, 6) is -2.60. The van der Waals surface area contributed by atoms with E-state index in [0.29, 0.717) is 0 Å². The van der Waals surface area contributed by atoms with E-state index in [4.69, 9.17) is 9.90 Å². The lowest BCUT2D eigenvalue weighted by Gasteiger charge is -1.93. The molecule has 0 aromatic rings. The van der Waals surface area contributed by atoms with Crippen LogP contribution in [0, 0.1) is 0 Å². The maximum Gasteiger partial charge on any atom is 0.490 e. The summed E-state index contributed by atoms with van der Waals surface area (Å²) in [5, 5.41) is 7.12. The van der Waals surface area contributed by atoms with Gasteiger partial charge in [-0.2, -0.15) is 13.2 Å². The summed E-state index contributed by atoms with van der Waals surface area (Å²) in [7, 11) is -1.51. The lowest BCUT2D eigenvalue weighted by molar-refractivity contribution is -0.192. The van der Waals surface area contributed by atoms with Crippen molar-refractivity contribution in [3.63, 3.8) is 0 Å². The minimum Gasteiger partial charge on any atom is -0.475 e. The number of sulfonamides is 1. The molecule has 0 fully saturated rings. The third-order valence-corrected chi connectivity index (χ3v) is 2.32. The molecule has 2 N–H and O–H groups in total. The molecule has 0 bridgehead atoms. The van der Waals surface area contributed by atoms with Crippen molar-refractivity contribution >= 4 is 16.0 Å². The summed E-state index contributed by atoms with van der Waals surface area (Å²) in [4.78, 5) is 8.90. The van der Waals surface area contributed by atoms with Crippen molar-refractivity contribution in [2.75, 3.05) is 12.8 Å². The Hall–Kier alpha value is -0.830. The largest absolute Gasteiger partial charge is 0.490 e. The van der Waals surface area contributed by atoms with E-state index >= 15 is 0 Å². The molecule has 0 aromatic heterocycles. The highest BCUT2D eigenvalue weighted by atomic mass is 32.2. The normalized spacial score (nSPS) is 11.5. The number of carbonyl (C=O) groups is 1. The van der Waals surface area contributed by atoms with Crippen LogP contribution in [0.5, 0.6) is 0 Å². The van der Waals surface area contributed by atoms with Gasteiger partial charge in [0, 0.05) is 0 Å². The molecule has 9 heteroatoms. The van der Waals surface area contributed by atoms with Crippen molar-refractivity contribution in [2.24, 2.45) is 0 Å². The summed E-state index contributed by atoms with van der Waals surface area (Å²) in [6, 6.07) is 0. The fourth-order valence-electron chi connectivity index (χ4n) is 0.144. The Morgan fingerprint density at radius 1 is 1.43 bits per heavy atom. The molecule has 0 spiro atoms. The fraction of sp³-hybridized carbons (Fsp3) is 0.800. The van der Waals surface area contributed by atoms with Crippen LogP contribution in [0.25, 0.3) is 0 Å². The lowest BCUT2D eigenvalue weighted by Crippen LogP contribution is -2.21. The van der Waals surface area contributed by atoms with Gasteiger partial charge in [-0.3, -0.25) is 0 Å². The van der Waals surface area contributed by atoms with E-state index < -0.39 is 22.2 Å². The smallest absolute Gasteiger partial charge is 0.475 e. The monoisotopic (exact) mass is 237 g/mol. The maximum absolute atomic E-state index is 10.6. The molecule has 86 valence electrons. The first-order chi connectivity index (χ1) is 6.06. The molecular formula is C5H10F3NO4S. The standard InChI is InChI=1S/C3H9NO2S.C2HF3O2/c1-3-7(5,6)4-2;3-2(4,5)1(6)7/h4H,3H2,1-2H3;(H,6,7). The molecule has 0 unspecified atom stereocenters. The predicted molar refractivity (Wildman–Crippen MR) is 42.2 cm³/mol. The minimum absolute atomic E-state index is 0.156. The first-order valence-electron chi connectivity index (χ1n) is 3.28. The molecule has 0 saturated carbocycles. The first kappa shape index (κ1) is 15.6. The number of hydrogen-bond donors (Lipinski definition) is 2. The average molecular weight is 237 g/mol. The van der Waals surface area contributed by atoms with Gasteiger partial charge in [0.1, 0.15) is 0 Å². The second-order valence-corrected chi connectivity index (χ2v) is 4.13. The van der Waals surface area contributed by atoms with Crippen LogP contribution in [0.3, 0.4) is 0 Å². The quantitative estimate of drug-likeness (QED) is 0.718. The van der Waals surface area contributed by atoms with Crippen molar-refractivity contribution in [3.05, 3.63) is 0 Å². The van der Waals surface area contributed by atoms with E-state index in [2.05, 4.69) is 4.72 Å². The van der Waals surface area contributed by atoms with Crippen LogP contribution in [0.2, 0.25) is 0 Å². The maximum atomic E-state index is 10.6. The third kappa shape index (κ3) is 9.26. The fourth-order valence-corrected chi connectivity index (χ4v) is 0.433. The Balaban J connectivity index is 0. The zero-order valence-electron chi connectivity index (χ0n) is 7.42. The van der Waals surface area contributed by atoms with Crippen LogP contribution >= 0.6 is 0 Å². The zero-order chi connectivity index (χ0) is 12.0. The third-order valence-electron chi connectivity index (χ3n) is 0.934. The molecular weight excluding hydrogens is 227 g/mol. The van der Waals surface area contributed by atoms with E-state index in [0.717, 1.165) is 0 Å². The van der Waals surface area contributed by atoms with E-state index in [-0.39, 0.29) is 5.75 Å². The Kier molecular flexibility index (Phi) is 6.48. The molecule has 0 aliphatic carbocycles. The zero-order valence-corrected chi connectivity index (χ0v) is 8.24. The Morgan fingerprint density at radius 2 is 1.71 bits per heavy atom. The molecule has 14 heavy (non-hydrogen) atoms. The number of nitrogens with one attached hydrogen (secondary N) is 1. The Morgan fingerprint density at radius 3 is 1.71 bits per heavy atom. The number of carboxylic acids is 1. The molecule has 0 amide bonds. The number of alkyl halides is 3. The van der Waals surface area contributed by atoms with E-state index in [1.165, 1.54) is 7.05 Å². The van der Waals surface area contributed by atoms with Crippen LogP contribution in [0.1, 0.15) is 6.92 Å². The number of carboxylic acid groups (broad SMARTS) is 1. The summed E-state index contributed by atoms with van der Waals surface area (Å²) in [6.07, 6.45) is -5.08. The molecule has 0 heterocycles. The number of rotatable bonds is 2. The van der Waals surface area contributed by atoms with Crippen molar-refractivity contribution < 1.29 is 31.5 Å². The van der Waals surface area contributed by atoms with E-state index in [1.807, 2.05) is 0 Å². The summed E-state index contributed by atoms with van der Waals surface area (Å²) in [6.45, 7) is 1.59. The van der Waals surface area contributed by atoms with Gasteiger partial charge in [-0.25, -0.2) is 17.9 Å². The average Bonchev–Trinajstić information content (AvgIpc) is 2.04. The predicted octanol–water partition coefficient (Wildman–Crippen LogP) is 0.189. The van der Waals surface area contributed by atoms with Crippen molar-refractivity contribution in [2.45, 2.75) is 13.1 Å². The molecule has 0 atom stereocenters. The van der Waals surface area contributed by atoms with Crippen LogP contribution < -0.4 is 4.72 Å². The Labute approximate surface area is 79.0 Å². The molecule has 0 aromatic carbocycles. The SMILES string of the molecule is CCS(=O)(=O)NC.O=C(O)C(F)(F)F. The first-order valence-corrected chi connectivity index (χ1v) is 4.93. The van der Waals surface area contributed by atoms with Gasteiger partial charge in [0.25, 0.3) is 0 Å². The van der Waals surface area contributed by atoms with Gasteiger partial charge in [0.2, 0.25) is 10.0 Å². The van der Waals surface area contributed by atoms with Crippen LogP contribution in [-0.4, -0.2) is 38.5 Å². The molecule has 0 aliphatic heterocycles. The van der Waals surface area contributed by atoms with Crippen LogP contribution in [0.15, 0.2) is 0 Å². The Bertz CT molecular complexity index is 261. The van der Waals surface area contributed by atoms with Gasteiger partial charge in [-0.1, -0.05) is 0 Å². The topological polar surface area (TPSA) is 83.5 Å². The van der Waals surface area contributed by atoms with Gasteiger partial charge < -0.3 is 5.11 Å². The summed E-state index contributed by atoms with van der Waals surface area (Å²) in [5.41, 5.74) is 0. The number of halogens is 3. The second kappa shape index (κ2) is 5.81. The lowest BCUT2D eigenvalue weighted by atomic mass is 10.7. The van der Waals surface area contributed by atoms with Crippen molar-refractivity contribution in [3.8, 4) is 0 Å². The molecule has 0 radical (unpaired) electrons. The van der Waals surface area contributed by atoms with Crippen molar-refractivity contribution in [1.82, 2.24) is 4.72 Å². The molecule has 0 rings (SSSR count). The summed E-state index contributed by atoms with van der Waals surface area (Å²) >= 11 is 0. The second-order valence-electron chi connectivity index (χ2n) is 1.91.